The molecule has 2 rings (SSSR count). The summed E-state index contributed by atoms with van der Waals surface area (Å²) >= 11 is 1.82. The number of rotatable bonds is 3. The first-order valence-corrected chi connectivity index (χ1v) is 6.16. The van der Waals surface area contributed by atoms with Crippen LogP contribution in [0.4, 0.5) is 0 Å². The Balaban J connectivity index is 2.19. The molecule has 0 aliphatic carbocycles. The quantitative estimate of drug-likeness (QED) is 0.854. The molecule has 1 N–H and O–H groups in total. The Kier molecular flexibility index (Phi) is 3.49. The summed E-state index contributed by atoms with van der Waals surface area (Å²) in [4.78, 5) is 4.21. The number of aliphatic hydroxyl groups is 1. The summed E-state index contributed by atoms with van der Waals surface area (Å²) in [6.07, 6.45) is 3.43. The van der Waals surface area contributed by atoms with Gasteiger partial charge in [-0.3, -0.25) is 4.98 Å². The van der Waals surface area contributed by atoms with Gasteiger partial charge in [-0.1, -0.05) is 0 Å². The van der Waals surface area contributed by atoms with Crippen LogP contribution in [-0.2, 0) is 0 Å². The van der Waals surface area contributed by atoms with Crippen molar-refractivity contribution in [1.29, 1.82) is 0 Å². The number of nitrogens with zero attached hydrogens (tertiary/aromatic N) is 1. The van der Waals surface area contributed by atoms with Gasteiger partial charge in [0.2, 0.25) is 0 Å². The van der Waals surface area contributed by atoms with E-state index in [4.69, 9.17) is 4.74 Å². The lowest BCUT2D eigenvalue weighted by atomic mass is 10.1. The standard InChI is InChI=1S/C11H15NO2S/c1-14-8-4-2-6-12-10(8)11(13)9-5-3-7-15-9/h2,4,6,9,11,13H,3,5,7H2,1H3. The van der Waals surface area contributed by atoms with Crippen LogP contribution in [0.5, 0.6) is 5.75 Å². The molecular formula is C11H15NO2S. The smallest absolute Gasteiger partial charge is 0.143 e. The maximum absolute atomic E-state index is 10.2. The number of methoxy groups -OCH3 is 1. The highest BCUT2D eigenvalue weighted by Crippen LogP contribution is 2.37. The van der Waals surface area contributed by atoms with Gasteiger partial charge in [0, 0.05) is 11.4 Å². The van der Waals surface area contributed by atoms with Crippen LogP contribution in [0.25, 0.3) is 0 Å². The summed E-state index contributed by atoms with van der Waals surface area (Å²) in [5, 5.41) is 10.4. The zero-order valence-corrected chi connectivity index (χ0v) is 9.54. The Morgan fingerprint density at radius 2 is 2.53 bits per heavy atom. The third kappa shape index (κ3) is 2.26. The minimum atomic E-state index is -0.506. The van der Waals surface area contributed by atoms with Crippen LogP contribution in [-0.4, -0.2) is 28.2 Å². The van der Waals surface area contributed by atoms with E-state index in [9.17, 15) is 5.11 Å². The van der Waals surface area contributed by atoms with E-state index < -0.39 is 6.10 Å². The van der Waals surface area contributed by atoms with Crippen molar-refractivity contribution in [2.24, 2.45) is 0 Å². The molecule has 1 aliphatic rings. The fourth-order valence-corrected chi connectivity index (χ4v) is 3.11. The SMILES string of the molecule is COc1cccnc1C(O)C1CCCS1. The molecule has 1 aromatic heterocycles. The fraction of sp³-hybridized carbons (Fsp3) is 0.545. The number of aromatic nitrogens is 1. The number of pyridine rings is 1. The first-order valence-electron chi connectivity index (χ1n) is 5.11. The number of hydrogen-bond donors (Lipinski definition) is 1. The third-order valence-electron chi connectivity index (χ3n) is 2.62. The van der Waals surface area contributed by atoms with Crippen molar-refractivity contribution in [1.82, 2.24) is 4.98 Å². The second-order valence-corrected chi connectivity index (χ2v) is 4.93. The van der Waals surface area contributed by atoms with E-state index >= 15 is 0 Å². The molecule has 2 atom stereocenters. The minimum absolute atomic E-state index is 0.272. The van der Waals surface area contributed by atoms with Gasteiger partial charge in [-0.2, -0.15) is 11.8 Å². The van der Waals surface area contributed by atoms with Crippen molar-refractivity contribution in [3.05, 3.63) is 24.0 Å². The molecule has 0 aromatic carbocycles. The first-order chi connectivity index (χ1) is 7.33. The van der Waals surface area contributed by atoms with E-state index in [1.54, 1.807) is 13.3 Å². The summed E-state index contributed by atoms with van der Waals surface area (Å²) in [5.41, 5.74) is 0.666. The third-order valence-corrected chi connectivity index (χ3v) is 4.06. The van der Waals surface area contributed by atoms with Crippen LogP contribution in [0.3, 0.4) is 0 Å². The molecule has 15 heavy (non-hydrogen) atoms. The zero-order chi connectivity index (χ0) is 10.7. The Hall–Kier alpha value is -0.740. The van der Waals surface area contributed by atoms with Gasteiger partial charge >= 0.3 is 0 Å². The topological polar surface area (TPSA) is 42.4 Å². The molecule has 0 amide bonds. The van der Waals surface area contributed by atoms with Gasteiger partial charge in [0.05, 0.1) is 7.11 Å². The number of thioether (sulfide) groups is 1. The van der Waals surface area contributed by atoms with Crippen LogP contribution >= 0.6 is 11.8 Å². The maximum atomic E-state index is 10.2. The van der Waals surface area contributed by atoms with Crippen molar-refractivity contribution in [2.75, 3.05) is 12.9 Å². The minimum Gasteiger partial charge on any atom is -0.495 e. The van der Waals surface area contributed by atoms with Crippen molar-refractivity contribution >= 4 is 11.8 Å². The van der Waals surface area contributed by atoms with Crippen molar-refractivity contribution < 1.29 is 9.84 Å². The molecule has 82 valence electrons. The molecule has 1 saturated heterocycles. The molecule has 0 spiro atoms. The molecular weight excluding hydrogens is 210 g/mol. The first kappa shape index (κ1) is 10.8. The van der Waals surface area contributed by atoms with Gasteiger partial charge < -0.3 is 9.84 Å². The second kappa shape index (κ2) is 4.86. The molecule has 4 heteroatoms. The highest BCUT2D eigenvalue weighted by molar-refractivity contribution is 8.00. The van der Waals surface area contributed by atoms with Gasteiger partial charge in [-0.25, -0.2) is 0 Å². The Morgan fingerprint density at radius 1 is 1.67 bits per heavy atom. The van der Waals surface area contributed by atoms with Crippen LogP contribution in [0, 0.1) is 0 Å². The largest absolute Gasteiger partial charge is 0.495 e. The van der Waals surface area contributed by atoms with E-state index in [2.05, 4.69) is 4.98 Å². The van der Waals surface area contributed by atoms with E-state index in [1.807, 2.05) is 23.9 Å². The highest BCUT2D eigenvalue weighted by atomic mass is 32.2. The average molecular weight is 225 g/mol. The normalized spacial score (nSPS) is 22.7. The summed E-state index contributed by atoms with van der Waals surface area (Å²) < 4.78 is 5.19. The lowest BCUT2D eigenvalue weighted by molar-refractivity contribution is 0.164. The lowest BCUT2D eigenvalue weighted by Crippen LogP contribution is -2.14. The predicted octanol–water partition coefficient (Wildman–Crippen LogP) is 2.02. The predicted molar refractivity (Wildman–Crippen MR) is 61.2 cm³/mol. The molecule has 2 unspecified atom stereocenters. The summed E-state index contributed by atoms with van der Waals surface area (Å²) in [6.45, 7) is 0. The van der Waals surface area contributed by atoms with Crippen molar-refractivity contribution in [2.45, 2.75) is 24.2 Å². The van der Waals surface area contributed by atoms with E-state index in [0.717, 1.165) is 12.2 Å². The van der Waals surface area contributed by atoms with Crippen LogP contribution in [0.15, 0.2) is 18.3 Å². The van der Waals surface area contributed by atoms with Gasteiger partial charge in [-0.05, 0) is 30.7 Å². The second-order valence-electron chi connectivity index (χ2n) is 3.59. The maximum Gasteiger partial charge on any atom is 0.143 e. The van der Waals surface area contributed by atoms with Crippen molar-refractivity contribution in [3.8, 4) is 5.75 Å². The van der Waals surface area contributed by atoms with E-state index in [0.29, 0.717) is 11.4 Å². The van der Waals surface area contributed by atoms with E-state index in [1.165, 1.54) is 6.42 Å². The van der Waals surface area contributed by atoms with Gasteiger partial charge in [0.15, 0.2) is 0 Å². The molecule has 0 bridgehead atoms. The molecule has 1 fully saturated rings. The Morgan fingerprint density at radius 3 is 3.20 bits per heavy atom. The molecule has 1 aliphatic heterocycles. The Bertz CT molecular complexity index is 326. The summed E-state index contributed by atoms with van der Waals surface area (Å²) in [6, 6.07) is 3.65. The lowest BCUT2D eigenvalue weighted by Gasteiger charge is -2.18. The van der Waals surface area contributed by atoms with E-state index in [-0.39, 0.29) is 5.25 Å². The monoisotopic (exact) mass is 225 g/mol. The van der Waals surface area contributed by atoms with Gasteiger partial charge in [-0.15, -0.1) is 0 Å². The van der Waals surface area contributed by atoms with Crippen LogP contribution < -0.4 is 4.74 Å². The fourth-order valence-electron chi connectivity index (χ4n) is 1.83. The number of ether oxygens (including phenoxy) is 1. The summed E-state index contributed by atoms with van der Waals surface area (Å²) in [7, 11) is 1.61. The summed E-state index contributed by atoms with van der Waals surface area (Å²) in [5.74, 6) is 1.81. The molecule has 0 saturated carbocycles. The highest BCUT2D eigenvalue weighted by Gasteiger charge is 2.28. The molecule has 0 radical (unpaired) electrons. The van der Waals surface area contributed by atoms with Gasteiger partial charge in [0.1, 0.15) is 17.5 Å². The molecule has 1 aromatic rings. The van der Waals surface area contributed by atoms with Crippen molar-refractivity contribution in [3.63, 3.8) is 0 Å². The molecule has 3 nitrogen and oxygen atoms in total. The van der Waals surface area contributed by atoms with Crippen LogP contribution in [0.2, 0.25) is 0 Å². The van der Waals surface area contributed by atoms with Gasteiger partial charge in [0.25, 0.3) is 0 Å². The zero-order valence-electron chi connectivity index (χ0n) is 8.72. The average Bonchev–Trinajstić information content (AvgIpc) is 2.81. The Labute approximate surface area is 93.9 Å². The number of hydrogen-bond acceptors (Lipinski definition) is 4. The molecule has 2 heterocycles. The number of aliphatic hydroxyl groups excluding tert-OH is 1. The van der Waals surface area contributed by atoms with Crippen LogP contribution in [0.1, 0.15) is 24.6 Å².